The fourth-order valence-corrected chi connectivity index (χ4v) is 8.13. The molecule has 0 amide bonds. The molecule has 49 heavy (non-hydrogen) atoms. The van der Waals surface area contributed by atoms with Crippen molar-refractivity contribution in [1.82, 2.24) is 4.98 Å². The van der Waals surface area contributed by atoms with Crippen molar-refractivity contribution in [3.05, 3.63) is 76.4 Å². The quantitative estimate of drug-likeness (QED) is 0.274. The summed E-state index contributed by atoms with van der Waals surface area (Å²) in [4.78, 5) is 52.7. The van der Waals surface area contributed by atoms with Crippen molar-refractivity contribution in [2.24, 2.45) is 23.2 Å². The Morgan fingerprint density at radius 3 is 2.39 bits per heavy atom. The molecule has 12 heteroatoms. The highest BCUT2D eigenvalue weighted by Gasteiger charge is 2.68. The molecule has 1 N–H and O–H groups in total. The molecule has 1 aliphatic heterocycles. The highest BCUT2D eigenvalue weighted by atomic mass is 16.6. The van der Waals surface area contributed by atoms with Gasteiger partial charge < -0.3 is 33.2 Å². The molecule has 3 heterocycles. The average Bonchev–Trinajstić information content (AvgIpc) is 3.07. The van der Waals surface area contributed by atoms with Gasteiger partial charge in [0.2, 0.25) is 0 Å². The number of esters is 3. The molecule has 8 atom stereocenters. The maximum absolute atomic E-state index is 13.6. The zero-order valence-electron chi connectivity index (χ0n) is 28.8. The molecular weight excluding hydrogens is 634 g/mol. The standard InChI is InChI=1S/C34H37NO9.C3H6O2/c1-18-23-15-27(43-31(38)20-8-6-10-22(14-20)40-5)34(4)30(33(23,3)12-11-24(18)41-19(2)36)29(37)28-26(44-34)16-25(42-32(28)39)21-9-7-13-35-17-21;1-3(4)5-2/h6-10,13-14,16-18,23-24,27,29-30,37H,11-12,15H2,1-5H3;1-2H3. The zero-order valence-corrected chi connectivity index (χ0v) is 28.8. The van der Waals surface area contributed by atoms with Gasteiger partial charge in [-0.3, -0.25) is 14.6 Å². The van der Waals surface area contributed by atoms with E-state index in [9.17, 15) is 24.3 Å². The number of aliphatic hydroxyl groups excluding tert-OH is 1. The smallest absolute Gasteiger partial charge is 0.345 e. The normalized spacial score (nSPS) is 29.6. The lowest BCUT2D eigenvalue weighted by molar-refractivity contribution is -0.243. The summed E-state index contributed by atoms with van der Waals surface area (Å²) in [5.74, 6) is -1.13. The Labute approximate surface area is 284 Å². The van der Waals surface area contributed by atoms with E-state index in [1.165, 1.54) is 28.1 Å². The molecule has 2 fully saturated rings. The van der Waals surface area contributed by atoms with E-state index in [0.29, 0.717) is 36.1 Å². The second-order valence-electron chi connectivity index (χ2n) is 13.3. The summed E-state index contributed by atoms with van der Waals surface area (Å²) in [5.41, 5.74) is -1.56. The lowest BCUT2D eigenvalue weighted by Crippen LogP contribution is -2.69. The topological polar surface area (TPSA) is 161 Å². The first-order valence-electron chi connectivity index (χ1n) is 16.3. The summed E-state index contributed by atoms with van der Waals surface area (Å²) in [6.45, 7) is 8.71. The van der Waals surface area contributed by atoms with Gasteiger partial charge in [0, 0.05) is 43.8 Å². The van der Waals surface area contributed by atoms with Gasteiger partial charge in [0.25, 0.3) is 0 Å². The molecule has 262 valence electrons. The van der Waals surface area contributed by atoms with E-state index in [-0.39, 0.29) is 47.0 Å². The van der Waals surface area contributed by atoms with Gasteiger partial charge in [-0.25, -0.2) is 9.59 Å². The van der Waals surface area contributed by atoms with Crippen LogP contribution in [0.4, 0.5) is 0 Å². The molecular formula is C37H43NO11. The van der Waals surface area contributed by atoms with Crippen molar-refractivity contribution in [1.29, 1.82) is 0 Å². The Morgan fingerprint density at radius 1 is 1.02 bits per heavy atom. The first kappa shape index (κ1) is 35.6. The second kappa shape index (κ2) is 14.0. The van der Waals surface area contributed by atoms with Crippen LogP contribution in [0.2, 0.25) is 0 Å². The van der Waals surface area contributed by atoms with Gasteiger partial charge in [-0.05, 0) is 73.8 Å². The van der Waals surface area contributed by atoms with Crippen LogP contribution in [-0.2, 0) is 23.8 Å². The zero-order chi connectivity index (χ0) is 35.7. The lowest BCUT2D eigenvalue weighted by atomic mass is 9.46. The van der Waals surface area contributed by atoms with Crippen molar-refractivity contribution < 1.29 is 47.6 Å². The van der Waals surface area contributed by atoms with Crippen LogP contribution in [0.5, 0.6) is 11.5 Å². The van der Waals surface area contributed by atoms with Gasteiger partial charge in [-0.1, -0.05) is 19.9 Å². The summed E-state index contributed by atoms with van der Waals surface area (Å²) in [5, 5.41) is 12.1. The molecule has 2 aromatic heterocycles. The number of carbonyl (C=O) groups is 3. The van der Waals surface area contributed by atoms with Gasteiger partial charge in [0.05, 0.1) is 25.9 Å². The molecule has 0 radical (unpaired) electrons. The number of aromatic nitrogens is 1. The molecule has 2 saturated carbocycles. The van der Waals surface area contributed by atoms with Gasteiger partial charge in [-0.2, -0.15) is 0 Å². The van der Waals surface area contributed by atoms with Crippen molar-refractivity contribution in [3.63, 3.8) is 0 Å². The summed E-state index contributed by atoms with van der Waals surface area (Å²) in [7, 11) is 2.87. The van der Waals surface area contributed by atoms with E-state index < -0.39 is 40.7 Å². The molecule has 3 aliphatic rings. The number of carbonyl (C=O) groups excluding carboxylic acids is 3. The first-order valence-corrected chi connectivity index (χ1v) is 16.3. The molecule has 1 aromatic carbocycles. The molecule has 2 aliphatic carbocycles. The number of aliphatic hydroxyl groups is 1. The summed E-state index contributed by atoms with van der Waals surface area (Å²) in [6.07, 6.45) is 2.36. The van der Waals surface area contributed by atoms with E-state index in [1.54, 1.807) is 54.9 Å². The number of hydrogen-bond donors (Lipinski definition) is 1. The molecule has 12 nitrogen and oxygen atoms in total. The van der Waals surface area contributed by atoms with Crippen molar-refractivity contribution in [3.8, 4) is 22.8 Å². The minimum atomic E-state index is -1.27. The van der Waals surface area contributed by atoms with Crippen molar-refractivity contribution in [2.45, 2.75) is 77.8 Å². The van der Waals surface area contributed by atoms with Gasteiger partial charge in [0.15, 0.2) is 0 Å². The molecule has 0 bridgehead atoms. The number of fused-ring (bicyclic) bond motifs is 4. The molecule has 6 rings (SSSR count). The largest absolute Gasteiger partial charge is 0.497 e. The minimum Gasteiger partial charge on any atom is -0.497 e. The van der Waals surface area contributed by atoms with E-state index >= 15 is 0 Å². The molecule has 0 saturated heterocycles. The number of benzene rings is 1. The highest BCUT2D eigenvalue weighted by molar-refractivity contribution is 5.90. The van der Waals surface area contributed by atoms with Crippen LogP contribution in [0.25, 0.3) is 11.3 Å². The number of methoxy groups -OCH3 is 2. The SMILES string of the molecule is COC(C)=O.COc1cccc(C(=O)OC2CC3C(C)C(OC(C)=O)CCC3(C)C3C(O)c4c(cc(-c5cccnc5)oc4=O)OC23C)c1. The van der Waals surface area contributed by atoms with E-state index in [2.05, 4.69) is 16.6 Å². The molecule has 8 unspecified atom stereocenters. The Bertz CT molecular complexity index is 1760. The number of hydrogen-bond acceptors (Lipinski definition) is 12. The van der Waals surface area contributed by atoms with Crippen LogP contribution in [0.3, 0.4) is 0 Å². The average molecular weight is 678 g/mol. The van der Waals surface area contributed by atoms with E-state index in [0.717, 1.165) is 0 Å². The summed E-state index contributed by atoms with van der Waals surface area (Å²) < 4.78 is 33.8. The first-order chi connectivity index (χ1) is 23.2. The Morgan fingerprint density at radius 2 is 1.76 bits per heavy atom. The van der Waals surface area contributed by atoms with Crippen molar-refractivity contribution >= 4 is 17.9 Å². The number of nitrogens with zero attached hydrogens (tertiary/aromatic N) is 1. The number of pyridine rings is 1. The third-order valence-corrected chi connectivity index (χ3v) is 10.5. The third kappa shape index (κ3) is 6.79. The van der Waals surface area contributed by atoms with Crippen LogP contribution in [0.15, 0.2) is 64.1 Å². The summed E-state index contributed by atoms with van der Waals surface area (Å²) >= 11 is 0. The van der Waals surface area contributed by atoms with Crippen molar-refractivity contribution in [2.75, 3.05) is 14.2 Å². The monoisotopic (exact) mass is 677 g/mol. The molecule has 3 aromatic rings. The second-order valence-corrected chi connectivity index (χ2v) is 13.3. The fraction of sp³-hybridized carbons (Fsp3) is 0.486. The van der Waals surface area contributed by atoms with Crippen LogP contribution >= 0.6 is 0 Å². The fourth-order valence-electron chi connectivity index (χ4n) is 8.13. The van der Waals surface area contributed by atoms with Gasteiger partial charge in [-0.15, -0.1) is 0 Å². The Hall–Kier alpha value is -4.71. The maximum Gasteiger partial charge on any atom is 0.345 e. The Kier molecular flexibility index (Phi) is 10.2. The third-order valence-electron chi connectivity index (χ3n) is 10.5. The van der Waals surface area contributed by atoms with Gasteiger partial charge in [0.1, 0.15) is 40.6 Å². The summed E-state index contributed by atoms with van der Waals surface area (Å²) in [6, 6.07) is 11.8. The number of rotatable bonds is 5. The van der Waals surface area contributed by atoms with E-state index in [4.69, 9.17) is 23.4 Å². The molecule has 0 spiro atoms. The Balaban J connectivity index is 0.000000874. The highest BCUT2D eigenvalue weighted by Crippen LogP contribution is 2.65. The predicted molar refractivity (Wildman–Crippen MR) is 176 cm³/mol. The van der Waals surface area contributed by atoms with Gasteiger partial charge >= 0.3 is 23.5 Å². The maximum atomic E-state index is 13.6. The van der Waals surface area contributed by atoms with Crippen LogP contribution in [0, 0.1) is 23.2 Å². The predicted octanol–water partition coefficient (Wildman–Crippen LogP) is 5.30. The number of ether oxygens (including phenoxy) is 5. The van der Waals surface area contributed by atoms with E-state index in [1.807, 2.05) is 13.8 Å². The van der Waals surface area contributed by atoms with Crippen LogP contribution < -0.4 is 15.1 Å². The van der Waals surface area contributed by atoms with Crippen LogP contribution in [-0.4, -0.2) is 60.0 Å². The van der Waals surface area contributed by atoms with Crippen LogP contribution in [0.1, 0.15) is 75.9 Å². The lowest BCUT2D eigenvalue weighted by Gasteiger charge is -2.64. The minimum absolute atomic E-state index is 0.0367.